The minimum Gasteiger partial charge on any atom is -0.463 e. The van der Waals surface area contributed by atoms with E-state index in [1.54, 1.807) is 13.0 Å². The Labute approximate surface area is 182 Å². The van der Waals surface area contributed by atoms with Crippen molar-refractivity contribution in [1.29, 1.82) is 0 Å². The number of nitrogens with zero attached hydrogens (tertiary/aromatic N) is 3. The lowest BCUT2D eigenvalue weighted by Crippen LogP contribution is -2.08. The SMILES string of the molecule is CCOC(=O)/C=C/c1ccc2c(nnn2CCCOCCOCc2ccccc2)c1C. The smallest absolute Gasteiger partial charge is 0.330 e. The van der Waals surface area contributed by atoms with Crippen molar-refractivity contribution in [3.63, 3.8) is 0 Å². The second-order valence-electron chi connectivity index (χ2n) is 7.05. The number of carbonyl (C=O) groups is 1. The van der Waals surface area contributed by atoms with Gasteiger partial charge in [0.1, 0.15) is 5.52 Å². The van der Waals surface area contributed by atoms with Gasteiger partial charge in [-0.2, -0.15) is 0 Å². The average molecular weight is 424 g/mol. The number of hydrogen-bond acceptors (Lipinski definition) is 6. The van der Waals surface area contributed by atoms with Crippen LogP contribution >= 0.6 is 0 Å². The Bertz CT molecular complexity index is 999. The van der Waals surface area contributed by atoms with Crippen molar-refractivity contribution in [2.75, 3.05) is 26.4 Å². The van der Waals surface area contributed by atoms with Crippen LogP contribution in [0.3, 0.4) is 0 Å². The van der Waals surface area contributed by atoms with Crippen molar-refractivity contribution >= 4 is 23.1 Å². The van der Waals surface area contributed by atoms with E-state index in [0.29, 0.717) is 33.0 Å². The van der Waals surface area contributed by atoms with E-state index in [1.165, 1.54) is 6.08 Å². The van der Waals surface area contributed by atoms with Gasteiger partial charge in [-0.3, -0.25) is 0 Å². The summed E-state index contributed by atoms with van der Waals surface area (Å²) in [4.78, 5) is 11.5. The molecule has 31 heavy (non-hydrogen) atoms. The predicted octanol–water partition coefficient (Wildman–Crippen LogP) is 3.94. The van der Waals surface area contributed by atoms with E-state index in [4.69, 9.17) is 14.2 Å². The van der Waals surface area contributed by atoms with Crippen molar-refractivity contribution < 1.29 is 19.0 Å². The van der Waals surface area contributed by atoms with Crippen LogP contribution in [0.15, 0.2) is 48.5 Å². The summed E-state index contributed by atoms with van der Waals surface area (Å²) in [7, 11) is 0. The number of esters is 1. The first-order valence-electron chi connectivity index (χ1n) is 10.6. The summed E-state index contributed by atoms with van der Waals surface area (Å²) < 4.78 is 18.1. The lowest BCUT2D eigenvalue weighted by Gasteiger charge is -2.07. The molecule has 0 spiro atoms. The third kappa shape index (κ3) is 6.73. The van der Waals surface area contributed by atoms with Gasteiger partial charge in [0.25, 0.3) is 0 Å². The molecule has 2 aromatic carbocycles. The maximum atomic E-state index is 11.5. The van der Waals surface area contributed by atoms with E-state index in [-0.39, 0.29) is 5.97 Å². The van der Waals surface area contributed by atoms with Gasteiger partial charge in [0, 0.05) is 19.2 Å². The first-order valence-corrected chi connectivity index (χ1v) is 10.6. The molecule has 0 unspecified atom stereocenters. The minimum absolute atomic E-state index is 0.351. The molecule has 0 aliphatic heterocycles. The zero-order chi connectivity index (χ0) is 21.9. The highest BCUT2D eigenvalue weighted by Crippen LogP contribution is 2.21. The van der Waals surface area contributed by atoms with E-state index >= 15 is 0 Å². The largest absolute Gasteiger partial charge is 0.463 e. The second-order valence-corrected chi connectivity index (χ2v) is 7.05. The summed E-state index contributed by atoms with van der Waals surface area (Å²) in [6.07, 6.45) is 4.02. The third-order valence-electron chi connectivity index (χ3n) is 4.81. The second kappa shape index (κ2) is 12.0. The molecule has 3 aromatic rings. The standard InChI is InChI=1S/C24H29N3O4/c1-3-31-23(28)13-11-21-10-12-22-24(19(21)2)25-26-27(22)14-7-15-29-16-17-30-18-20-8-5-4-6-9-20/h4-6,8-13H,3,7,14-18H2,1-2H3/b13-11+. The highest BCUT2D eigenvalue weighted by atomic mass is 16.5. The molecule has 0 saturated heterocycles. The highest BCUT2D eigenvalue weighted by Gasteiger charge is 2.09. The fourth-order valence-electron chi connectivity index (χ4n) is 3.18. The normalized spacial score (nSPS) is 11.4. The molecule has 0 amide bonds. The molecule has 0 fully saturated rings. The molecular formula is C24H29N3O4. The summed E-state index contributed by atoms with van der Waals surface area (Å²) in [5.74, 6) is -0.351. The van der Waals surface area contributed by atoms with Gasteiger partial charge in [-0.15, -0.1) is 5.10 Å². The maximum Gasteiger partial charge on any atom is 0.330 e. The molecule has 0 bridgehead atoms. The highest BCUT2D eigenvalue weighted by molar-refractivity contribution is 5.89. The Hall–Kier alpha value is -3.03. The Morgan fingerprint density at radius 3 is 2.68 bits per heavy atom. The van der Waals surface area contributed by atoms with Crippen LogP contribution in [0.1, 0.15) is 30.0 Å². The van der Waals surface area contributed by atoms with Crippen LogP contribution in [-0.2, 0) is 32.2 Å². The van der Waals surface area contributed by atoms with Crippen LogP contribution < -0.4 is 0 Å². The third-order valence-corrected chi connectivity index (χ3v) is 4.81. The van der Waals surface area contributed by atoms with Gasteiger partial charge in [0.05, 0.1) is 31.9 Å². The van der Waals surface area contributed by atoms with Gasteiger partial charge in [-0.25, -0.2) is 9.48 Å². The number of carbonyl (C=O) groups excluding carboxylic acids is 1. The van der Waals surface area contributed by atoms with Gasteiger partial charge < -0.3 is 14.2 Å². The topological polar surface area (TPSA) is 75.5 Å². The summed E-state index contributed by atoms with van der Waals surface area (Å²) in [6, 6.07) is 14.0. The summed E-state index contributed by atoms with van der Waals surface area (Å²) >= 11 is 0. The number of rotatable bonds is 12. The lowest BCUT2D eigenvalue weighted by atomic mass is 10.1. The zero-order valence-electron chi connectivity index (χ0n) is 18.1. The predicted molar refractivity (Wildman–Crippen MR) is 119 cm³/mol. The summed E-state index contributed by atoms with van der Waals surface area (Å²) in [5, 5.41) is 8.59. The molecule has 0 radical (unpaired) electrons. The van der Waals surface area contributed by atoms with E-state index < -0.39 is 0 Å². The number of hydrogen-bond donors (Lipinski definition) is 0. The van der Waals surface area contributed by atoms with Crippen LogP contribution in [0.25, 0.3) is 17.1 Å². The van der Waals surface area contributed by atoms with E-state index in [9.17, 15) is 4.79 Å². The summed E-state index contributed by atoms with van der Waals surface area (Å²) in [5.41, 5.74) is 4.87. The van der Waals surface area contributed by atoms with Crippen molar-refractivity contribution in [2.24, 2.45) is 0 Å². The van der Waals surface area contributed by atoms with E-state index in [1.807, 2.05) is 54.1 Å². The number of fused-ring (bicyclic) bond motifs is 1. The van der Waals surface area contributed by atoms with Crippen molar-refractivity contribution in [2.45, 2.75) is 33.4 Å². The van der Waals surface area contributed by atoms with Gasteiger partial charge >= 0.3 is 5.97 Å². The molecule has 1 heterocycles. The molecule has 7 heteroatoms. The maximum absolute atomic E-state index is 11.5. The van der Waals surface area contributed by atoms with Gasteiger partial charge in [0.2, 0.25) is 0 Å². The Kier molecular flexibility index (Phi) is 8.75. The Morgan fingerprint density at radius 1 is 1.06 bits per heavy atom. The molecule has 0 atom stereocenters. The number of benzene rings is 2. The first kappa shape index (κ1) is 22.7. The molecule has 0 N–H and O–H groups in total. The van der Waals surface area contributed by atoms with Gasteiger partial charge in [0.15, 0.2) is 0 Å². The molecule has 0 saturated carbocycles. The number of ether oxygens (including phenoxy) is 3. The Balaban J connectivity index is 1.41. The lowest BCUT2D eigenvalue weighted by molar-refractivity contribution is -0.137. The van der Waals surface area contributed by atoms with Crippen molar-refractivity contribution in [3.05, 3.63) is 65.2 Å². The van der Waals surface area contributed by atoms with Gasteiger partial charge in [-0.05, 0) is 49.1 Å². The molecule has 0 aliphatic carbocycles. The number of aromatic nitrogens is 3. The fraction of sp³-hybridized carbons (Fsp3) is 0.375. The zero-order valence-corrected chi connectivity index (χ0v) is 18.1. The molecule has 7 nitrogen and oxygen atoms in total. The van der Waals surface area contributed by atoms with Crippen molar-refractivity contribution in [1.82, 2.24) is 15.0 Å². The first-order chi connectivity index (χ1) is 15.2. The van der Waals surface area contributed by atoms with Crippen LogP contribution in [0.5, 0.6) is 0 Å². The number of aryl methyl sites for hydroxylation is 2. The van der Waals surface area contributed by atoms with Crippen molar-refractivity contribution in [3.8, 4) is 0 Å². The molecule has 3 rings (SSSR count). The van der Waals surface area contributed by atoms with E-state index in [0.717, 1.165) is 40.7 Å². The molecule has 1 aromatic heterocycles. The molecule has 0 aliphatic rings. The van der Waals surface area contributed by atoms with Crippen LogP contribution in [0.4, 0.5) is 0 Å². The Morgan fingerprint density at radius 2 is 1.87 bits per heavy atom. The van der Waals surface area contributed by atoms with E-state index in [2.05, 4.69) is 10.3 Å². The quantitative estimate of drug-likeness (QED) is 0.250. The molecule has 164 valence electrons. The average Bonchev–Trinajstić information content (AvgIpc) is 3.20. The molecular weight excluding hydrogens is 394 g/mol. The fourth-order valence-corrected chi connectivity index (χ4v) is 3.18. The summed E-state index contributed by atoms with van der Waals surface area (Å²) in [6.45, 7) is 7.22. The van der Waals surface area contributed by atoms with Crippen LogP contribution in [0.2, 0.25) is 0 Å². The minimum atomic E-state index is -0.351. The van der Waals surface area contributed by atoms with Crippen LogP contribution in [0, 0.1) is 6.92 Å². The van der Waals surface area contributed by atoms with Gasteiger partial charge in [-0.1, -0.05) is 41.6 Å². The monoisotopic (exact) mass is 423 g/mol. The van der Waals surface area contributed by atoms with Crippen LogP contribution in [-0.4, -0.2) is 47.4 Å².